The number of hydrogen-bond donors (Lipinski definition) is 2. The van der Waals surface area contributed by atoms with E-state index in [0.717, 1.165) is 19.6 Å². The van der Waals surface area contributed by atoms with Gasteiger partial charge in [-0.15, -0.1) is 0 Å². The number of benzene rings is 1. The van der Waals surface area contributed by atoms with Crippen molar-refractivity contribution in [3.05, 3.63) is 29.8 Å². The van der Waals surface area contributed by atoms with Gasteiger partial charge in [0.2, 0.25) is 0 Å². The van der Waals surface area contributed by atoms with Crippen LogP contribution in [0.5, 0.6) is 0 Å². The Balaban J connectivity index is 2.28. The van der Waals surface area contributed by atoms with Crippen molar-refractivity contribution in [1.82, 2.24) is 5.32 Å². The van der Waals surface area contributed by atoms with Gasteiger partial charge in [-0.3, -0.25) is 0 Å². The van der Waals surface area contributed by atoms with Crippen molar-refractivity contribution in [3.63, 3.8) is 0 Å². The molecule has 0 fully saturated rings. The van der Waals surface area contributed by atoms with Gasteiger partial charge in [-0.1, -0.05) is 19.1 Å². The Morgan fingerprint density at radius 3 is 2.77 bits per heavy atom. The predicted molar refractivity (Wildman–Crippen MR) is 58.2 cm³/mol. The first-order chi connectivity index (χ1) is 6.33. The quantitative estimate of drug-likeness (QED) is 0.674. The van der Waals surface area contributed by atoms with E-state index in [1.165, 1.54) is 11.3 Å². The van der Waals surface area contributed by atoms with Crippen LogP contribution in [0.15, 0.2) is 24.3 Å². The highest BCUT2D eigenvalue weighted by Gasteiger charge is 1.90. The molecule has 13 heavy (non-hydrogen) atoms. The number of aryl methyl sites for hydroxylation is 1. The van der Waals surface area contributed by atoms with Crippen LogP contribution in [0.1, 0.15) is 12.5 Å². The van der Waals surface area contributed by atoms with Crippen LogP contribution in [-0.4, -0.2) is 19.6 Å². The minimum Gasteiger partial charge on any atom is -0.384 e. The minimum absolute atomic E-state index is 0.983. The fourth-order valence-corrected chi connectivity index (χ4v) is 1.23. The first-order valence-electron chi connectivity index (χ1n) is 4.84. The summed E-state index contributed by atoms with van der Waals surface area (Å²) in [5.74, 6) is 0. The summed E-state index contributed by atoms with van der Waals surface area (Å²) in [6, 6.07) is 8.44. The van der Waals surface area contributed by atoms with E-state index in [4.69, 9.17) is 0 Å². The number of likely N-dealkylation sites (N-methyl/N-ethyl adjacent to an activating group) is 1. The summed E-state index contributed by atoms with van der Waals surface area (Å²) in [7, 11) is 0. The Morgan fingerprint density at radius 1 is 1.23 bits per heavy atom. The molecule has 0 aromatic heterocycles. The Hall–Kier alpha value is -1.02. The smallest absolute Gasteiger partial charge is 0.0343 e. The summed E-state index contributed by atoms with van der Waals surface area (Å²) in [4.78, 5) is 0. The van der Waals surface area contributed by atoms with E-state index >= 15 is 0 Å². The lowest BCUT2D eigenvalue weighted by molar-refractivity contribution is 0.739. The number of anilines is 1. The van der Waals surface area contributed by atoms with E-state index in [1.807, 2.05) is 0 Å². The zero-order valence-corrected chi connectivity index (χ0v) is 8.43. The molecule has 1 rings (SSSR count). The standard InChI is InChI=1S/C11H18N2/c1-3-12-7-8-13-11-6-4-5-10(2)9-11/h4-6,9,12-13H,3,7-8H2,1-2H3. The first kappa shape index (κ1) is 10.1. The maximum Gasteiger partial charge on any atom is 0.0343 e. The molecule has 0 amide bonds. The second-order valence-corrected chi connectivity index (χ2v) is 3.15. The topological polar surface area (TPSA) is 24.1 Å². The van der Waals surface area contributed by atoms with Crippen molar-refractivity contribution in [2.24, 2.45) is 0 Å². The van der Waals surface area contributed by atoms with Gasteiger partial charge in [0.05, 0.1) is 0 Å². The third kappa shape index (κ3) is 3.95. The molecule has 0 saturated carbocycles. The molecule has 2 N–H and O–H groups in total. The third-order valence-corrected chi connectivity index (χ3v) is 1.90. The summed E-state index contributed by atoms with van der Waals surface area (Å²) < 4.78 is 0. The molecule has 0 heterocycles. The van der Waals surface area contributed by atoms with Crippen molar-refractivity contribution in [2.75, 3.05) is 25.0 Å². The SMILES string of the molecule is CCNCCNc1cccc(C)c1. The summed E-state index contributed by atoms with van der Waals surface area (Å²) >= 11 is 0. The van der Waals surface area contributed by atoms with Gasteiger partial charge < -0.3 is 10.6 Å². The van der Waals surface area contributed by atoms with Crippen molar-refractivity contribution in [3.8, 4) is 0 Å². The maximum absolute atomic E-state index is 3.36. The van der Waals surface area contributed by atoms with Crippen molar-refractivity contribution in [1.29, 1.82) is 0 Å². The predicted octanol–water partition coefficient (Wildman–Crippen LogP) is 2.02. The average molecular weight is 178 g/mol. The molecule has 0 saturated heterocycles. The molecule has 0 atom stereocenters. The molecule has 0 unspecified atom stereocenters. The lowest BCUT2D eigenvalue weighted by Gasteiger charge is -2.06. The Morgan fingerprint density at radius 2 is 2.08 bits per heavy atom. The van der Waals surface area contributed by atoms with Crippen molar-refractivity contribution in [2.45, 2.75) is 13.8 Å². The second kappa shape index (κ2) is 5.60. The Labute approximate surface area is 80.4 Å². The normalized spacial score (nSPS) is 10.0. The van der Waals surface area contributed by atoms with Gasteiger partial charge in [0.25, 0.3) is 0 Å². The van der Waals surface area contributed by atoms with Gasteiger partial charge in [-0.05, 0) is 31.2 Å². The van der Waals surface area contributed by atoms with Crippen LogP contribution in [0.25, 0.3) is 0 Å². The van der Waals surface area contributed by atoms with Crippen molar-refractivity contribution >= 4 is 5.69 Å². The summed E-state index contributed by atoms with van der Waals surface area (Å²) in [6.07, 6.45) is 0. The highest BCUT2D eigenvalue weighted by atomic mass is 14.9. The highest BCUT2D eigenvalue weighted by molar-refractivity contribution is 5.45. The summed E-state index contributed by atoms with van der Waals surface area (Å²) in [5, 5.41) is 6.63. The fourth-order valence-electron chi connectivity index (χ4n) is 1.23. The second-order valence-electron chi connectivity index (χ2n) is 3.15. The zero-order chi connectivity index (χ0) is 9.52. The molecular formula is C11H18N2. The van der Waals surface area contributed by atoms with Crippen LogP contribution >= 0.6 is 0 Å². The average Bonchev–Trinajstić information content (AvgIpc) is 2.13. The summed E-state index contributed by atoms with van der Waals surface area (Å²) in [5.41, 5.74) is 2.51. The van der Waals surface area contributed by atoms with Crippen LogP contribution in [0.4, 0.5) is 5.69 Å². The van der Waals surface area contributed by atoms with Gasteiger partial charge in [-0.2, -0.15) is 0 Å². The Bertz CT molecular complexity index is 246. The molecule has 1 aromatic rings. The van der Waals surface area contributed by atoms with Crippen LogP contribution in [0.3, 0.4) is 0 Å². The van der Waals surface area contributed by atoms with Gasteiger partial charge in [-0.25, -0.2) is 0 Å². The molecule has 0 aliphatic rings. The van der Waals surface area contributed by atoms with E-state index in [0.29, 0.717) is 0 Å². The third-order valence-electron chi connectivity index (χ3n) is 1.90. The lowest BCUT2D eigenvalue weighted by Crippen LogP contribution is -2.21. The molecule has 0 aliphatic carbocycles. The largest absolute Gasteiger partial charge is 0.384 e. The van der Waals surface area contributed by atoms with E-state index in [-0.39, 0.29) is 0 Å². The highest BCUT2D eigenvalue weighted by Crippen LogP contribution is 2.08. The molecule has 0 spiro atoms. The van der Waals surface area contributed by atoms with Gasteiger partial charge in [0.1, 0.15) is 0 Å². The lowest BCUT2D eigenvalue weighted by atomic mass is 10.2. The van der Waals surface area contributed by atoms with E-state index in [9.17, 15) is 0 Å². The number of nitrogens with one attached hydrogen (secondary N) is 2. The molecule has 72 valence electrons. The van der Waals surface area contributed by atoms with Crippen molar-refractivity contribution < 1.29 is 0 Å². The maximum atomic E-state index is 3.36. The Kier molecular flexibility index (Phi) is 4.33. The molecule has 0 aliphatic heterocycles. The first-order valence-corrected chi connectivity index (χ1v) is 4.84. The molecule has 0 bridgehead atoms. The molecule has 2 heteroatoms. The minimum atomic E-state index is 0.983. The van der Waals surface area contributed by atoms with Gasteiger partial charge in [0.15, 0.2) is 0 Å². The fraction of sp³-hybridized carbons (Fsp3) is 0.455. The molecule has 2 nitrogen and oxygen atoms in total. The van der Waals surface area contributed by atoms with Gasteiger partial charge in [0, 0.05) is 18.8 Å². The molecular weight excluding hydrogens is 160 g/mol. The monoisotopic (exact) mass is 178 g/mol. The van der Waals surface area contributed by atoms with Gasteiger partial charge >= 0.3 is 0 Å². The number of rotatable bonds is 5. The van der Waals surface area contributed by atoms with Crippen LogP contribution in [-0.2, 0) is 0 Å². The van der Waals surface area contributed by atoms with Crippen LogP contribution in [0, 0.1) is 6.92 Å². The summed E-state index contributed by atoms with van der Waals surface area (Å²) in [6.45, 7) is 7.26. The van der Waals surface area contributed by atoms with Crippen LogP contribution in [0.2, 0.25) is 0 Å². The molecule has 1 aromatic carbocycles. The zero-order valence-electron chi connectivity index (χ0n) is 8.43. The molecule has 0 radical (unpaired) electrons. The van der Waals surface area contributed by atoms with E-state index in [1.54, 1.807) is 0 Å². The van der Waals surface area contributed by atoms with E-state index in [2.05, 4.69) is 48.7 Å². The van der Waals surface area contributed by atoms with Crippen LogP contribution < -0.4 is 10.6 Å². The van der Waals surface area contributed by atoms with E-state index < -0.39 is 0 Å². The number of hydrogen-bond acceptors (Lipinski definition) is 2.